The molecule has 124 valence electrons. The van der Waals surface area contributed by atoms with Crippen molar-refractivity contribution in [3.63, 3.8) is 0 Å². The first kappa shape index (κ1) is 15.9. The largest absolute Gasteiger partial charge is 0.367 e. The number of carbonyl (C=O) groups excluding carboxylic acids is 2. The zero-order valence-electron chi connectivity index (χ0n) is 13.2. The van der Waals surface area contributed by atoms with E-state index in [1.54, 1.807) is 36.5 Å². The maximum absolute atomic E-state index is 12.0. The standard InChI is InChI=1S/C17H19N5O2/c23-16(22-14-3-1-2-9-18-14)8-10-19-17(24)12-4-7-15(20-11-12)21-13-5-6-13/h1-4,7,9,11,13H,5-6,8,10H2,(H,19,24)(H,20,21)(H,18,22,23). The summed E-state index contributed by atoms with van der Waals surface area (Å²) in [4.78, 5) is 32.0. The Balaban J connectivity index is 1.40. The van der Waals surface area contributed by atoms with Gasteiger partial charge in [0.2, 0.25) is 5.91 Å². The van der Waals surface area contributed by atoms with Gasteiger partial charge in [0.25, 0.3) is 5.91 Å². The van der Waals surface area contributed by atoms with E-state index in [9.17, 15) is 9.59 Å². The molecule has 3 rings (SSSR count). The van der Waals surface area contributed by atoms with Gasteiger partial charge in [-0.1, -0.05) is 6.07 Å². The number of hydrogen-bond donors (Lipinski definition) is 3. The average molecular weight is 325 g/mol. The maximum atomic E-state index is 12.0. The molecule has 0 bridgehead atoms. The van der Waals surface area contributed by atoms with Crippen molar-refractivity contribution in [3.05, 3.63) is 48.3 Å². The summed E-state index contributed by atoms with van der Waals surface area (Å²) in [6, 6.07) is 9.31. The van der Waals surface area contributed by atoms with Gasteiger partial charge in [-0.15, -0.1) is 0 Å². The third kappa shape index (κ3) is 4.77. The number of hydrogen-bond acceptors (Lipinski definition) is 5. The van der Waals surface area contributed by atoms with Crippen molar-refractivity contribution in [1.29, 1.82) is 0 Å². The van der Waals surface area contributed by atoms with Crippen LogP contribution in [0.5, 0.6) is 0 Å². The number of carbonyl (C=O) groups is 2. The molecule has 2 heterocycles. The first-order valence-electron chi connectivity index (χ1n) is 7.92. The van der Waals surface area contributed by atoms with Crippen molar-refractivity contribution in [2.45, 2.75) is 25.3 Å². The van der Waals surface area contributed by atoms with Gasteiger partial charge < -0.3 is 16.0 Å². The predicted molar refractivity (Wildman–Crippen MR) is 90.7 cm³/mol. The highest BCUT2D eigenvalue weighted by atomic mass is 16.2. The van der Waals surface area contributed by atoms with Gasteiger partial charge >= 0.3 is 0 Å². The normalized spacial score (nSPS) is 13.2. The van der Waals surface area contributed by atoms with Gasteiger partial charge in [0.05, 0.1) is 5.56 Å². The van der Waals surface area contributed by atoms with E-state index in [4.69, 9.17) is 0 Å². The number of aromatic nitrogens is 2. The molecule has 0 spiro atoms. The number of nitrogens with zero attached hydrogens (tertiary/aromatic N) is 2. The van der Waals surface area contributed by atoms with E-state index in [1.165, 1.54) is 19.0 Å². The molecule has 1 aliphatic rings. The number of pyridine rings is 2. The number of amides is 2. The molecule has 0 aromatic carbocycles. The molecular formula is C17H19N5O2. The molecule has 24 heavy (non-hydrogen) atoms. The van der Waals surface area contributed by atoms with Crippen molar-refractivity contribution in [2.75, 3.05) is 17.2 Å². The Kier molecular flexibility index (Phi) is 5.00. The highest BCUT2D eigenvalue weighted by molar-refractivity contribution is 5.95. The first-order chi connectivity index (χ1) is 11.7. The molecule has 7 nitrogen and oxygen atoms in total. The van der Waals surface area contributed by atoms with Gasteiger partial charge in [0, 0.05) is 31.4 Å². The van der Waals surface area contributed by atoms with Crippen molar-refractivity contribution in [2.24, 2.45) is 0 Å². The minimum atomic E-state index is -0.244. The number of rotatable bonds is 7. The Morgan fingerprint density at radius 1 is 1.08 bits per heavy atom. The summed E-state index contributed by atoms with van der Waals surface area (Å²) in [5.74, 6) is 0.836. The molecule has 0 radical (unpaired) electrons. The molecule has 2 aromatic rings. The van der Waals surface area contributed by atoms with Crippen molar-refractivity contribution in [3.8, 4) is 0 Å². The molecule has 0 saturated heterocycles. The number of nitrogens with one attached hydrogen (secondary N) is 3. The highest BCUT2D eigenvalue weighted by Gasteiger charge is 2.21. The third-order valence-electron chi connectivity index (χ3n) is 3.53. The Hall–Kier alpha value is -2.96. The molecule has 0 unspecified atom stereocenters. The van der Waals surface area contributed by atoms with Crippen LogP contribution in [-0.4, -0.2) is 34.4 Å². The molecule has 1 saturated carbocycles. The van der Waals surface area contributed by atoms with E-state index in [0.717, 1.165) is 5.82 Å². The Labute approximate surface area is 139 Å². The first-order valence-corrected chi connectivity index (χ1v) is 7.92. The highest BCUT2D eigenvalue weighted by Crippen LogP contribution is 2.23. The van der Waals surface area contributed by atoms with Crippen LogP contribution in [0.15, 0.2) is 42.7 Å². The van der Waals surface area contributed by atoms with E-state index in [1.807, 2.05) is 0 Å². The van der Waals surface area contributed by atoms with Gasteiger partial charge in [-0.3, -0.25) is 9.59 Å². The van der Waals surface area contributed by atoms with Crippen LogP contribution in [-0.2, 0) is 4.79 Å². The summed E-state index contributed by atoms with van der Waals surface area (Å²) in [5.41, 5.74) is 0.474. The van der Waals surface area contributed by atoms with Crippen molar-refractivity contribution >= 4 is 23.5 Å². The molecule has 0 atom stereocenters. The second-order valence-electron chi connectivity index (χ2n) is 5.62. The smallest absolute Gasteiger partial charge is 0.252 e. The van der Waals surface area contributed by atoms with Gasteiger partial charge in [0.1, 0.15) is 11.6 Å². The van der Waals surface area contributed by atoms with Crippen molar-refractivity contribution in [1.82, 2.24) is 15.3 Å². The molecule has 1 fully saturated rings. The lowest BCUT2D eigenvalue weighted by Gasteiger charge is -2.07. The lowest BCUT2D eigenvalue weighted by Crippen LogP contribution is -2.27. The third-order valence-corrected chi connectivity index (χ3v) is 3.53. The Bertz CT molecular complexity index is 699. The lowest BCUT2D eigenvalue weighted by atomic mass is 10.2. The molecule has 3 N–H and O–H groups in total. The van der Waals surface area contributed by atoms with Crippen LogP contribution in [0.2, 0.25) is 0 Å². The van der Waals surface area contributed by atoms with Crippen LogP contribution < -0.4 is 16.0 Å². The summed E-state index contributed by atoms with van der Waals surface area (Å²) in [6.07, 6.45) is 5.66. The van der Waals surface area contributed by atoms with Crippen LogP contribution in [0.1, 0.15) is 29.6 Å². The summed E-state index contributed by atoms with van der Waals surface area (Å²) in [7, 11) is 0. The Morgan fingerprint density at radius 2 is 1.96 bits per heavy atom. The van der Waals surface area contributed by atoms with Gasteiger partial charge in [0.15, 0.2) is 0 Å². The topological polar surface area (TPSA) is 96.0 Å². The van der Waals surface area contributed by atoms with E-state index >= 15 is 0 Å². The molecule has 2 aromatic heterocycles. The van der Waals surface area contributed by atoms with Gasteiger partial charge in [-0.25, -0.2) is 9.97 Å². The van der Waals surface area contributed by atoms with Gasteiger partial charge in [-0.2, -0.15) is 0 Å². The quantitative estimate of drug-likeness (QED) is 0.721. The minimum Gasteiger partial charge on any atom is -0.367 e. The van der Waals surface area contributed by atoms with E-state index in [-0.39, 0.29) is 24.8 Å². The van der Waals surface area contributed by atoms with E-state index in [0.29, 0.717) is 17.4 Å². The van der Waals surface area contributed by atoms with E-state index < -0.39 is 0 Å². The van der Waals surface area contributed by atoms with Crippen LogP contribution in [0.3, 0.4) is 0 Å². The predicted octanol–water partition coefficient (Wildman–Crippen LogP) is 1.81. The lowest BCUT2D eigenvalue weighted by molar-refractivity contribution is -0.116. The molecular weight excluding hydrogens is 306 g/mol. The average Bonchev–Trinajstić information content (AvgIpc) is 3.40. The monoisotopic (exact) mass is 325 g/mol. The SMILES string of the molecule is O=C(CCNC(=O)c1ccc(NC2CC2)nc1)Nc1ccccn1. The summed E-state index contributed by atoms with van der Waals surface area (Å²) in [6.45, 7) is 0.250. The fourth-order valence-corrected chi connectivity index (χ4v) is 2.08. The number of anilines is 2. The molecule has 0 aliphatic heterocycles. The maximum Gasteiger partial charge on any atom is 0.252 e. The second kappa shape index (κ2) is 7.54. The van der Waals surface area contributed by atoms with Crippen LogP contribution in [0.4, 0.5) is 11.6 Å². The van der Waals surface area contributed by atoms with Crippen LogP contribution >= 0.6 is 0 Å². The fourth-order valence-electron chi connectivity index (χ4n) is 2.08. The van der Waals surface area contributed by atoms with Crippen LogP contribution in [0.25, 0.3) is 0 Å². The minimum absolute atomic E-state index is 0.178. The van der Waals surface area contributed by atoms with Crippen molar-refractivity contribution < 1.29 is 9.59 Å². The molecule has 2 amide bonds. The van der Waals surface area contributed by atoms with Gasteiger partial charge in [-0.05, 0) is 37.1 Å². The molecule has 1 aliphatic carbocycles. The fraction of sp³-hybridized carbons (Fsp3) is 0.294. The zero-order valence-corrected chi connectivity index (χ0v) is 13.2. The zero-order chi connectivity index (χ0) is 16.8. The summed E-state index contributed by atoms with van der Waals surface area (Å²) in [5, 5.41) is 8.63. The summed E-state index contributed by atoms with van der Waals surface area (Å²) < 4.78 is 0. The van der Waals surface area contributed by atoms with Crippen LogP contribution in [0, 0.1) is 0 Å². The second-order valence-corrected chi connectivity index (χ2v) is 5.62. The molecule has 7 heteroatoms. The van der Waals surface area contributed by atoms with E-state index in [2.05, 4.69) is 25.9 Å². The summed E-state index contributed by atoms with van der Waals surface area (Å²) >= 11 is 0. The Morgan fingerprint density at radius 3 is 2.62 bits per heavy atom.